The molecule has 1 fully saturated rings. The third-order valence-corrected chi connectivity index (χ3v) is 6.22. The van der Waals surface area contributed by atoms with Crippen LogP contribution in [0.1, 0.15) is 32.1 Å². The summed E-state index contributed by atoms with van der Waals surface area (Å²) in [7, 11) is -3.73. The van der Waals surface area contributed by atoms with Crippen LogP contribution in [-0.4, -0.2) is 44.9 Å². The third kappa shape index (κ3) is 6.19. The maximum atomic E-state index is 14.2. The zero-order chi connectivity index (χ0) is 19.2. The van der Waals surface area contributed by atoms with Crippen LogP contribution in [0.4, 0.5) is 4.39 Å². The molecule has 0 aromatic heterocycles. The molecule has 146 valence electrons. The molecule has 3 atom stereocenters. The molecule has 0 aliphatic heterocycles. The second-order valence-corrected chi connectivity index (χ2v) is 8.53. The third-order valence-electron chi connectivity index (χ3n) is 4.47. The van der Waals surface area contributed by atoms with Crippen molar-refractivity contribution >= 4 is 27.6 Å². The van der Waals surface area contributed by atoms with Gasteiger partial charge in [-0.2, -0.15) is 0 Å². The fraction of sp³-hybridized carbons (Fsp3) is 0.588. The highest BCUT2D eigenvalue weighted by Gasteiger charge is 2.38. The zero-order valence-electron chi connectivity index (χ0n) is 14.2. The Kier molecular flexibility index (Phi) is 7.82. The van der Waals surface area contributed by atoms with Gasteiger partial charge in [-0.1, -0.05) is 18.0 Å². The quantitative estimate of drug-likeness (QED) is 0.581. The van der Waals surface area contributed by atoms with Gasteiger partial charge < -0.3 is 9.84 Å². The van der Waals surface area contributed by atoms with Crippen molar-refractivity contribution in [3.63, 3.8) is 0 Å². The van der Waals surface area contributed by atoms with E-state index in [0.29, 0.717) is 37.1 Å². The van der Waals surface area contributed by atoms with Crippen LogP contribution in [0.3, 0.4) is 0 Å². The topological polar surface area (TPSA) is 92.7 Å². The van der Waals surface area contributed by atoms with Crippen molar-refractivity contribution in [2.24, 2.45) is 5.92 Å². The zero-order valence-corrected chi connectivity index (χ0v) is 15.8. The number of hydrogen-bond donors (Lipinski definition) is 2. The number of unbranched alkanes of at least 4 members (excludes halogenated alkanes) is 1. The summed E-state index contributed by atoms with van der Waals surface area (Å²) in [5, 5.41) is 8.92. The highest BCUT2D eigenvalue weighted by molar-refractivity contribution is 7.89. The van der Waals surface area contributed by atoms with Gasteiger partial charge in [0.25, 0.3) is 0 Å². The van der Waals surface area contributed by atoms with Crippen LogP contribution in [0.2, 0.25) is 5.02 Å². The van der Waals surface area contributed by atoms with E-state index in [0.717, 1.165) is 0 Å². The van der Waals surface area contributed by atoms with Crippen LogP contribution in [0.15, 0.2) is 29.2 Å². The number of carboxylic acids is 1. The van der Waals surface area contributed by atoms with Crippen LogP contribution in [0, 0.1) is 5.92 Å². The van der Waals surface area contributed by atoms with Crippen LogP contribution >= 0.6 is 11.6 Å². The Balaban J connectivity index is 1.87. The Morgan fingerprint density at radius 2 is 1.96 bits per heavy atom. The Morgan fingerprint density at radius 1 is 1.27 bits per heavy atom. The van der Waals surface area contributed by atoms with E-state index in [-0.39, 0.29) is 18.1 Å². The van der Waals surface area contributed by atoms with Gasteiger partial charge in [0.15, 0.2) is 0 Å². The lowest BCUT2D eigenvalue weighted by Gasteiger charge is -2.22. The van der Waals surface area contributed by atoms with E-state index in [1.54, 1.807) is 0 Å². The molecule has 2 rings (SSSR count). The van der Waals surface area contributed by atoms with Gasteiger partial charge in [0, 0.05) is 23.6 Å². The number of benzene rings is 1. The molecule has 2 N–H and O–H groups in total. The lowest BCUT2D eigenvalue weighted by atomic mass is 9.96. The molecule has 0 bridgehead atoms. The summed E-state index contributed by atoms with van der Waals surface area (Å²) in [5.74, 6) is -1.42. The largest absolute Gasteiger partial charge is 0.480 e. The molecule has 1 aliphatic carbocycles. The minimum Gasteiger partial charge on any atom is -0.480 e. The molecule has 0 unspecified atom stereocenters. The fourth-order valence-corrected chi connectivity index (χ4v) is 4.62. The first-order chi connectivity index (χ1) is 12.3. The van der Waals surface area contributed by atoms with Crippen molar-refractivity contribution in [3.8, 4) is 0 Å². The SMILES string of the molecule is O=C(O)COCCCC[C@H]1[C@H](F)CC[C@@H]1NS(=O)(=O)c1ccc(Cl)cc1. The minimum absolute atomic E-state index is 0.102. The molecule has 9 heteroatoms. The summed E-state index contributed by atoms with van der Waals surface area (Å²) in [6, 6.07) is 5.38. The Labute approximate surface area is 157 Å². The second kappa shape index (κ2) is 9.64. The Bertz CT molecular complexity index is 698. The van der Waals surface area contributed by atoms with Crippen molar-refractivity contribution < 1.29 is 27.4 Å². The van der Waals surface area contributed by atoms with Crippen molar-refractivity contribution in [1.29, 1.82) is 0 Å². The lowest BCUT2D eigenvalue weighted by Crippen LogP contribution is -2.39. The van der Waals surface area contributed by atoms with Crippen molar-refractivity contribution in [3.05, 3.63) is 29.3 Å². The predicted octanol–water partition coefficient (Wildman–Crippen LogP) is 3.01. The molecular formula is C17H23ClFNO5S. The molecule has 0 saturated heterocycles. The maximum absolute atomic E-state index is 14.2. The average Bonchev–Trinajstić information content (AvgIpc) is 2.90. The smallest absolute Gasteiger partial charge is 0.329 e. The number of alkyl halides is 1. The summed E-state index contributed by atoms with van der Waals surface area (Å²) in [4.78, 5) is 10.5. The van der Waals surface area contributed by atoms with E-state index >= 15 is 0 Å². The van der Waals surface area contributed by atoms with Gasteiger partial charge in [0.2, 0.25) is 10.0 Å². The highest BCUT2D eigenvalue weighted by Crippen LogP contribution is 2.33. The lowest BCUT2D eigenvalue weighted by molar-refractivity contribution is -0.142. The number of carbonyl (C=O) groups is 1. The van der Waals surface area contributed by atoms with E-state index in [1.165, 1.54) is 24.3 Å². The maximum Gasteiger partial charge on any atom is 0.329 e. The summed E-state index contributed by atoms with van der Waals surface area (Å²) in [5.41, 5.74) is 0. The van der Waals surface area contributed by atoms with Crippen molar-refractivity contribution in [2.45, 2.75) is 49.2 Å². The monoisotopic (exact) mass is 407 g/mol. The van der Waals surface area contributed by atoms with Crippen LogP contribution < -0.4 is 4.72 Å². The molecular weight excluding hydrogens is 385 g/mol. The molecule has 0 spiro atoms. The van der Waals surface area contributed by atoms with Crippen molar-refractivity contribution in [1.82, 2.24) is 4.72 Å². The highest BCUT2D eigenvalue weighted by atomic mass is 35.5. The predicted molar refractivity (Wildman–Crippen MR) is 95.5 cm³/mol. The molecule has 0 heterocycles. The first-order valence-corrected chi connectivity index (χ1v) is 10.4. The van der Waals surface area contributed by atoms with E-state index in [1.807, 2.05) is 0 Å². The van der Waals surface area contributed by atoms with E-state index in [2.05, 4.69) is 4.72 Å². The summed E-state index contributed by atoms with van der Waals surface area (Å²) >= 11 is 5.78. The number of sulfonamides is 1. The molecule has 1 aromatic carbocycles. The summed E-state index contributed by atoms with van der Waals surface area (Å²) in [6.07, 6.45) is 1.50. The Morgan fingerprint density at radius 3 is 2.62 bits per heavy atom. The van der Waals surface area contributed by atoms with Gasteiger partial charge in [-0.05, 0) is 49.9 Å². The number of ether oxygens (including phenoxy) is 1. The average molecular weight is 408 g/mol. The summed E-state index contributed by atoms with van der Waals surface area (Å²) < 4.78 is 46.7. The van der Waals surface area contributed by atoms with E-state index in [9.17, 15) is 17.6 Å². The van der Waals surface area contributed by atoms with Gasteiger partial charge >= 0.3 is 5.97 Å². The molecule has 1 aliphatic rings. The van der Waals surface area contributed by atoms with Gasteiger partial charge in [-0.3, -0.25) is 0 Å². The second-order valence-electron chi connectivity index (χ2n) is 6.38. The fourth-order valence-electron chi connectivity index (χ4n) is 3.17. The standard InChI is InChI=1S/C17H23ClFNO5S/c18-12-4-6-13(7-5-12)26(23,24)20-16-9-8-15(19)14(16)3-1-2-10-25-11-17(21)22/h4-7,14-16,20H,1-3,8-11H2,(H,21,22)/t14-,15+,16-/m0/s1. The number of hydrogen-bond acceptors (Lipinski definition) is 4. The minimum atomic E-state index is -3.73. The number of aliphatic carboxylic acids is 1. The number of carboxylic acid groups (broad SMARTS) is 1. The van der Waals surface area contributed by atoms with Gasteiger partial charge in [0.1, 0.15) is 12.8 Å². The molecule has 26 heavy (non-hydrogen) atoms. The molecule has 0 amide bonds. The van der Waals surface area contributed by atoms with Crippen LogP contribution in [-0.2, 0) is 19.6 Å². The van der Waals surface area contributed by atoms with Crippen LogP contribution in [0.5, 0.6) is 0 Å². The van der Waals surface area contributed by atoms with E-state index < -0.39 is 34.1 Å². The number of halogens is 2. The normalized spacial score (nSPS) is 23.2. The molecule has 6 nitrogen and oxygen atoms in total. The van der Waals surface area contributed by atoms with Gasteiger partial charge in [0.05, 0.1) is 4.90 Å². The number of rotatable bonds is 10. The first-order valence-electron chi connectivity index (χ1n) is 8.51. The van der Waals surface area contributed by atoms with E-state index in [4.69, 9.17) is 21.4 Å². The summed E-state index contributed by atoms with van der Waals surface area (Å²) in [6.45, 7) is -0.0597. The van der Waals surface area contributed by atoms with Crippen molar-refractivity contribution in [2.75, 3.05) is 13.2 Å². The molecule has 0 radical (unpaired) electrons. The number of nitrogens with one attached hydrogen (secondary N) is 1. The Hall–Kier alpha value is -1.22. The first kappa shape index (κ1) is 21.1. The molecule has 1 aromatic rings. The van der Waals surface area contributed by atoms with Crippen LogP contribution in [0.25, 0.3) is 0 Å². The van der Waals surface area contributed by atoms with Gasteiger partial charge in [-0.25, -0.2) is 22.3 Å². The molecule has 1 saturated carbocycles. The van der Waals surface area contributed by atoms with Gasteiger partial charge in [-0.15, -0.1) is 0 Å².